The van der Waals surface area contributed by atoms with E-state index in [-0.39, 0.29) is 5.91 Å². The minimum atomic E-state index is -0.293. The van der Waals surface area contributed by atoms with Crippen molar-refractivity contribution in [3.63, 3.8) is 0 Å². The van der Waals surface area contributed by atoms with Crippen molar-refractivity contribution in [3.8, 4) is 0 Å². The van der Waals surface area contributed by atoms with Crippen LogP contribution in [0.1, 0.15) is 15.9 Å². The Morgan fingerprint density at radius 2 is 2.24 bits per heavy atom. The third-order valence-corrected chi connectivity index (χ3v) is 2.39. The van der Waals surface area contributed by atoms with Crippen LogP contribution < -0.4 is 11.1 Å². The number of nitrogens with zero attached hydrogens (tertiary/aromatic N) is 3. The average Bonchev–Trinajstić information content (AvgIpc) is 2.64. The van der Waals surface area contributed by atoms with Gasteiger partial charge in [0.1, 0.15) is 6.33 Å². The molecule has 6 heteroatoms. The molecule has 0 bridgehead atoms. The first-order chi connectivity index (χ1) is 8.08. The number of carbonyl (C=O) groups is 1. The zero-order valence-electron chi connectivity index (χ0n) is 9.64. The van der Waals surface area contributed by atoms with Gasteiger partial charge in [0.05, 0.1) is 5.56 Å². The summed E-state index contributed by atoms with van der Waals surface area (Å²) in [5, 5.41) is 6.50. The van der Waals surface area contributed by atoms with E-state index in [4.69, 9.17) is 5.73 Å². The molecule has 0 spiro atoms. The topological polar surface area (TPSA) is 85.8 Å². The lowest BCUT2D eigenvalue weighted by Gasteiger charge is -2.07. The van der Waals surface area contributed by atoms with Crippen LogP contribution in [0.25, 0.3) is 0 Å². The zero-order chi connectivity index (χ0) is 12.4. The largest absolute Gasteiger partial charge is 0.398 e. The van der Waals surface area contributed by atoms with Gasteiger partial charge in [0.2, 0.25) is 5.95 Å². The number of carbonyl (C=O) groups excluding carboxylic acids is 1. The van der Waals surface area contributed by atoms with Crippen molar-refractivity contribution in [2.45, 2.75) is 6.92 Å². The Kier molecular flexibility index (Phi) is 2.78. The SMILES string of the molecule is Cc1ccc(C(=O)Nc2ncnn2C)c(N)c1. The molecule has 0 aliphatic carbocycles. The first kappa shape index (κ1) is 11.1. The van der Waals surface area contributed by atoms with Crippen molar-refractivity contribution >= 4 is 17.5 Å². The van der Waals surface area contributed by atoms with Crippen LogP contribution in [0, 0.1) is 6.92 Å². The maximum absolute atomic E-state index is 11.9. The second-order valence-electron chi connectivity index (χ2n) is 3.75. The van der Waals surface area contributed by atoms with Crippen LogP contribution in [0.2, 0.25) is 0 Å². The van der Waals surface area contributed by atoms with E-state index in [2.05, 4.69) is 15.4 Å². The Labute approximate surface area is 98.5 Å². The predicted octanol–water partition coefficient (Wildman–Crippen LogP) is 0.958. The molecule has 0 fully saturated rings. The summed E-state index contributed by atoms with van der Waals surface area (Å²) in [6.45, 7) is 1.92. The predicted molar refractivity (Wildman–Crippen MR) is 64.5 cm³/mol. The number of nitrogens with one attached hydrogen (secondary N) is 1. The number of aryl methyl sites for hydroxylation is 2. The van der Waals surface area contributed by atoms with Crippen molar-refractivity contribution in [2.75, 3.05) is 11.1 Å². The molecule has 2 aromatic rings. The van der Waals surface area contributed by atoms with E-state index in [9.17, 15) is 4.79 Å². The molecule has 1 aromatic heterocycles. The molecule has 0 saturated carbocycles. The quantitative estimate of drug-likeness (QED) is 0.754. The summed E-state index contributed by atoms with van der Waals surface area (Å²) in [6.07, 6.45) is 1.37. The lowest BCUT2D eigenvalue weighted by molar-refractivity contribution is 0.102. The van der Waals surface area contributed by atoms with E-state index in [0.717, 1.165) is 5.56 Å². The van der Waals surface area contributed by atoms with E-state index in [0.29, 0.717) is 17.2 Å². The molecule has 88 valence electrons. The maximum atomic E-state index is 11.9. The lowest BCUT2D eigenvalue weighted by Crippen LogP contribution is -2.17. The Balaban J connectivity index is 2.23. The second kappa shape index (κ2) is 4.25. The Morgan fingerprint density at radius 1 is 1.47 bits per heavy atom. The highest BCUT2D eigenvalue weighted by Gasteiger charge is 2.12. The average molecular weight is 231 g/mol. The Bertz CT molecular complexity index is 561. The van der Waals surface area contributed by atoms with Gasteiger partial charge < -0.3 is 5.73 Å². The lowest BCUT2D eigenvalue weighted by atomic mass is 10.1. The van der Waals surface area contributed by atoms with Gasteiger partial charge >= 0.3 is 0 Å². The van der Waals surface area contributed by atoms with Gasteiger partial charge in [0, 0.05) is 12.7 Å². The van der Waals surface area contributed by atoms with Gasteiger partial charge in [-0.2, -0.15) is 10.1 Å². The van der Waals surface area contributed by atoms with Crippen molar-refractivity contribution < 1.29 is 4.79 Å². The summed E-state index contributed by atoms with van der Waals surface area (Å²) < 4.78 is 1.47. The number of benzene rings is 1. The van der Waals surface area contributed by atoms with Gasteiger partial charge in [-0.15, -0.1) is 0 Å². The number of hydrogen-bond donors (Lipinski definition) is 2. The van der Waals surface area contributed by atoms with Gasteiger partial charge in [-0.25, -0.2) is 4.68 Å². The fraction of sp³-hybridized carbons (Fsp3) is 0.182. The van der Waals surface area contributed by atoms with Crippen LogP contribution in [-0.4, -0.2) is 20.7 Å². The van der Waals surface area contributed by atoms with Crippen LogP contribution >= 0.6 is 0 Å². The van der Waals surface area contributed by atoms with Crippen LogP contribution in [-0.2, 0) is 7.05 Å². The molecule has 3 N–H and O–H groups in total. The van der Waals surface area contributed by atoms with E-state index < -0.39 is 0 Å². The Hall–Kier alpha value is -2.37. The van der Waals surface area contributed by atoms with Gasteiger partial charge in [-0.3, -0.25) is 10.1 Å². The molecule has 0 radical (unpaired) electrons. The van der Waals surface area contributed by atoms with E-state index in [1.165, 1.54) is 11.0 Å². The van der Waals surface area contributed by atoms with E-state index in [1.54, 1.807) is 19.2 Å². The van der Waals surface area contributed by atoms with Crippen LogP contribution in [0.15, 0.2) is 24.5 Å². The third-order valence-electron chi connectivity index (χ3n) is 2.39. The molecule has 1 amide bonds. The first-order valence-corrected chi connectivity index (χ1v) is 5.09. The van der Waals surface area contributed by atoms with Crippen molar-refractivity contribution in [1.82, 2.24) is 14.8 Å². The maximum Gasteiger partial charge on any atom is 0.260 e. The molecule has 0 aliphatic heterocycles. The van der Waals surface area contributed by atoms with Crippen LogP contribution in [0.3, 0.4) is 0 Å². The summed E-state index contributed by atoms with van der Waals surface area (Å²) in [6, 6.07) is 5.28. The van der Waals surface area contributed by atoms with E-state index in [1.807, 2.05) is 13.0 Å². The molecule has 1 aromatic carbocycles. The smallest absolute Gasteiger partial charge is 0.260 e. The van der Waals surface area contributed by atoms with Gasteiger partial charge in [0.15, 0.2) is 0 Å². The first-order valence-electron chi connectivity index (χ1n) is 5.09. The molecular formula is C11H13N5O. The summed E-state index contributed by atoms with van der Waals surface area (Å²) in [4.78, 5) is 15.8. The number of anilines is 2. The zero-order valence-corrected chi connectivity index (χ0v) is 9.64. The van der Waals surface area contributed by atoms with Gasteiger partial charge in [-0.1, -0.05) is 6.07 Å². The van der Waals surface area contributed by atoms with Crippen LogP contribution in [0.4, 0.5) is 11.6 Å². The highest BCUT2D eigenvalue weighted by molar-refractivity contribution is 6.07. The number of rotatable bonds is 2. The standard InChI is InChI=1S/C11H13N5O/c1-7-3-4-8(9(12)5-7)10(17)15-11-13-6-14-16(11)2/h3-6H,12H2,1-2H3,(H,13,14,15,17). The number of nitrogens with two attached hydrogens (primary N) is 1. The summed E-state index contributed by atoms with van der Waals surface area (Å²) in [5.74, 6) is 0.0913. The van der Waals surface area contributed by atoms with Crippen molar-refractivity contribution in [3.05, 3.63) is 35.7 Å². The fourth-order valence-corrected chi connectivity index (χ4v) is 1.47. The third kappa shape index (κ3) is 2.25. The summed E-state index contributed by atoms with van der Waals surface area (Å²) >= 11 is 0. The molecule has 0 atom stereocenters. The number of hydrogen-bond acceptors (Lipinski definition) is 4. The molecule has 17 heavy (non-hydrogen) atoms. The highest BCUT2D eigenvalue weighted by Crippen LogP contribution is 2.15. The fourth-order valence-electron chi connectivity index (χ4n) is 1.47. The van der Waals surface area contributed by atoms with E-state index >= 15 is 0 Å². The van der Waals surface area contributed by atoms with Gasteiger partial charge in [0.25, 0.3) is 5.91 Å². The van der Waals surface area contributed by atoms with Crippen molar-refractivity contribution in [1.29, 1.82) is 0 Å². The molecule has 0 saturated heterocycles. The molecule has 2 rings (SSSR count). The summed E-state index contributed by atoms with van der Waals surface area (Å²) in [7, 11) is 1.70. The Morgan fingerprint density at radius 3 is 2.82 bits per heavy atom. The summed E-state index contributed by atoms with van der Waals surface area (Å²) in [5.41, 5.74) is 7.68. The number of aromatic nitrogens is 3. The molecule has 6 nitrogen and oxygen atoms in total. The normalized spacial score (nSPS) is 10.2. The molecule has 1 heterocycles. The molecule has 0 aliphatic rings. The highest BCUT2D eigenvalue weighted by atomic mass is 16.1. The monoisotopic (exact) mass is 231 g/mol. The minimum absolute atomic E-state index is 0.293. The van der Waals surface area contributed by atoms with Crippen molar-refractivity contribution in [2.24, 2.45) is 7.05 Å². The van der Waals surface area contributed by atoms with Gasteiger partial charge in [-0.05, 0) is 24.6 Å². The second-order valence-corrected chi connectivity index (χ2v) is 3.75. The number of amides is 1. The molecular weight excluding hydrogens is 218 g/mol. The van der Waals surface area contributed by atoms with Crippen LogP contribution in [0.5, 0.6) is 0 Å². The molecule has 0 unspecified atom stereocenters. The minimum Gasteiger partial charge on any atom is -0.398 e. The number of nitrogen functional groups attached to an aromatic ring is 1.